The fourth-order valence-electron chi connectivity index (χ4n) is 21.5. The molecule has 0 spiro atoms. The van der Waals surface area contributed by atoms with Gasteiger partial charge in [0.25, 0.3) is 0 Å². The lowest BCUT2D eigenvalue weighted by Crippen LogP contribution is -2.65. The average Bonchev–Trinajstić information content (AvgIpc) is 1.06. The number of hydrogen-bond acceptors (Lipinski definition) is 10. The van der Waals surface area contributed by atoms with Crippen molar-refractivity contribution in [2.45, 2.75) is 217 Å². The molecule has 0 aromatic carbocycles. The molecule has 10 aliphatic carbocycles. The molecular formula is C66H100F2N10O4. The van der Waals surface area contributed by atoms with E-state index in [1.54, 1.807) is 0 Å². The summed E-state index contributed by atoms with van der Waals surface area (Å²) in [6.45, 7) is 45.9. The van der Waals surface area contributed by atoms with E-state index in [1.165, 1.54) is 15.2 Å². The van der Waals surface area contributed by atoms with Crippen molar-refractivity contribution in [3.05, 3.63) is 81.0 Å². The van der Waals surface area contributed by atoms with Gasteiger partial charge in [0.05, 0.1) is 26.2 Å². The molecule has 2 aromatic rings. The summed E-state index contributed by atoms with van der Waals surface area (Å²) < 4.78 is 76.3. The zero-order chi connectivity index (χ0) is 69.6. The molecule has 0 bridgehead atoms. The number of aromatic nitrogens is 8. The van der Waals surface area contributed by atoms with E-state index in [-0.39, 0.29) is 126 Å². The molecular weight excluding hydrogens is 1030 g/mol. The summed E-state index contributed by atoms with van der Waals surface area (Å²) in [6, 6.07) is 0. The van der Waals surface area contributed by atoms with Crippen molar-refractivity contribution < 1.29 is 43.1 Å². The van der Waals surface area contributed by atoms with Crippen LogP contribution in [0.1, 0.15) is 220 Å². The molecule has 10 aliphatic rings. The van der Waals surface area contributed by atoms with Crippen LogP contribution in [0.15, 0.2) is 46.5 Å². The molecule has 0 unspecified atom stereocenters. The molecule has 0 saturated heterocycles. The smallest absolute Gasteiger partial charge is 0.226 e. The maximum atomic E-state index is 14.7. The van der Waals surface area contributed by atoms with E-state index in [9.17, 15) is 28.3 Å². The summed E-state index contributed by atoms with van der Waals surface area (Å²) in [5.74, 6) is 1.83. The molecule has 1 N–H and O–H groups in total. The second kappa shape index (κ2) is 18.6. The summed E-state index contributed by atoms with van der Waals surface area (Å²) in [6.07, 6.45) is 19.2. The molecule has 0 aliphatic heterocycles. The minimum atomic E-state index is -0.668. The number of carbonyl (C=O) groups is 3. The Bertz CT molecular complexity index is 3300. The second-order valence-corrected chi connectivity index (χ2v) is 31.8. The Morgan fingerprint density at radius 2 is 1.07 bits per heavy atom. The van der Waals surface area contributed by atoms with Crippen LogP contribution in [0.4, 0.5) is 8.78 Å². The summed E-state index contributed by atoms with van der Waals surface area (Å²) in [5.41, 5.74) is -0.695. The van der Waals surface area contributed by atoms with Gasteiger partial charge in [0.2, 0.25) is 11.4 Å². The number of nitrogens with zero attached hydrogens (tertiary/aromatic N) is 10. The number of carbonyl (C=O) groups excluding carboxylic acids is 3. The zero-order valence-corrected chi connectivity index (χ0v) is 51.5. The number of Topliss-reactive ketones (excluding diaryl/α,β-unsaturated/α-hetero) is 1. The summed E-state index contributed by atoms with van der Waals surface area (Å²) >= 11 is 0. The van der Waals surface area contributed by atoms with Crippen LogP contribution >= 0.6 is 0 Å². The van der Waals surface area contributed by atoms with Gasteiger partial charge < -0.3 is 9.90 Å². The van der Waals surface area contributed by atoms with Gasteiger partial charge in [0, 0.05) is 53.8 Å². The molecule has 14 atom stereocenters. The first-order valence-corrected chi connectivity index (χ1v) is 30.9. The monoisotopic (exact) mass is 1150 g/mol. The number of aryl methyl sites for hydroxylation is 2. The molecule has 12 rings (SSSR count). The lowest BCUT2D eigenvalue weighted by Gasteiger charge is -2.69. The van der Waals surface area contributed by atoms with Crippen LogP contribution in [-0.2, 0) is 38.3 Å². The van der Waals surface area contributed by atoms with Gasteiger partial charge in [-0.2, -0.15) is 9.59 Å². The number of ketones is 3. The van der Waals surface area contributed by atoms with Crippen LogP contribution < -0.4 is 0 Å². The molecule has 16 heteroatoms. The van der Waals surface area contributed by atoms with Crippen LogP contribution in [0.5, 0.6) is 0 Å². The zero-order valence-electron chi connectivity index (χ0n) is 61.5. The molecule has 2 heterocycles. The standard InChI is InChI=1S/C33H46FN5O2.C33H44FN5O2.5H2/c2*1-28(2)11-13-33(27-36-38-39(37-27)16-15-34)14-12-32(7)25(20(33)18-28)22(40)17-24-30(5)19-21(35-8)26(41)29(3,4)23(30)9-10-31(24,32)6;;;;;/h17,20,23,25,41H,9-16,18-19H2,1-7H3;17,19-20,23,25H,9-16,18H2,1-7H3;5*1H/t2*20-,23-,25-,30-,31+,32+,33-;;;;;/m00...../s1/i;;5*1+2T. The topological polar surface area (TPSA) is 167 Å². The Hall–Kier alpha value is -5.25. The van der Waals surface area contributed by atoms with Crippen molar-refractivity contribution in [2.24, 2.45) is 89.7 Å². The molecule has 6 saturated carbocycles. The van der Waals surface area contributed by atoms with Crippen molar-refractivity contribution in [1.82, 2.24) is 40.4 Å². The van der Waals surface area contributed by atoms with Gasteiger partial charge in [-0.05, 0) is 180 Å². The van der Waals surface area contributed by atoms with Crippen molar-refractivity contribution in [3.63, 3.8) is 0 Å². The highest BCUT2D eigenvalue weighted by atomic mass is 19.1. The average molecular weight is 1160 g/mol. The predicted octanol–water partition coefficient (Wildman–Crippen LogP) is 14.9. The van der Waals surface area contributed by atoms with E-state index in [1.807, 2.05) is 32.1 Å². The number of tetrazole rings is 2. The van der Waals surface area contributed by atoms with Gasteiger partial charge in [0.1, 0.15) is 19.1 Å². The highest BCUT2D eigenvalue weighted by Crippen LogP contribution is 2.77. The highest BCUT2D eigenvalue weighted by Gasteiger charge is 2.73. The minimum absolute atomic E-state index is 0.0336. The summed E-state index contributed by atoms with van der Waals surface area (Å²) in [7, 11) is 0. The maximum absolute atomic E-state index is 14.7. The molecule has 6 fully saturated rings. The maximum Gasteiger partial charge on any atom is 0.226 e. The van der Waals surface area contributed by atoms with Crippen LogP contribution in [-0.4, -0.2) is 76.2 Å². The first kappa shape index (κ1) is 52.3. The fourth-order valence-corrected chi connectivity index (χ4v) is 21.5. The Labute approximate surface area is 500 Å². The number of fused-ring (bicyclic) bond motifs is 14. The van der Waals surface area contributed by atoms with E-state index in [2.05, 4.69) is 113 Å². The van der Waals surface area contributed by atoms with Crippen LogP contribution in [0.3, 0.4) is 0 Å². The largest absolute Gasteiger partial charge is 0.523 e. The quantitative estimate of drug-likeness (QED) is 0.275. The molecule has 14 nitrogen and oxygen atoms in total. The van der Waals surface area contributed by atoms with E-state index in [0.29, 0.717) is 23.8 Å². The Kier molecular flexibility index (Phi) is 11.9. The number of alkyl halides is 2. The Morgan fingerprint density at radius 3 is 1.54 bits per heavy atom. The van der Waals surface area contributed by atoms with Crippen molar-refractivity contribution in [1.29, 1.82) is 0 Å². The number of aliphatic hydroxyl groups is 1. The number of allylic oxidation sites excluding steroid dienone is 8. The van der Waals surface area contributed by atoms with E-state index >= 15 is 0 Å². The molecule has 82 heavy (non-hydrogen) atoms. The fraction of sp³-hybridized carbons (Fsp3) is 0.773. The molecule has 0 radical (unpaired) electrons. The second-order valence-electron chi connectivity index (χ2n) is 31.8. The molecule has 452 valence electrons. The van der Waals surface area contributed by atoms with Gasteiger partial charge >= 0.3 is 0 Å². The third-order valence-corrected chi connectivity index (χ3v) is 26.3. The third-order valence-electron chi connectivity index (χ3n) is 26.3. The van der Waals surface area contributed by atoms with Gasteiger partial charge in [-0.25, -0.2) is 18.5 Å². The first-order valence-electron chi connectivity index (χ1n) is 35.9. The van der Waals surface area contributed by atoms with Gasteiger partial charge in [0.15, 0.2) is 29.0 Å². The number of aliphatic hydroxyl groups excluding tert-OH is 1. The van der Waals surface area contributed by atoms with E-state index in [0.717, 1.165) is 95.5 Å². The van der Waals surface area contributed by atoms with Crippen molar-refractivity contribution in [2.75, 3.05) is 13.3 Å². The first-order chi connectivity index (χ1) is 43.2. The molecule has 2 aromatic heterocycles. The SMILES string of the molecule is [3H][3H].[3H][3H].[3H][3H].[3H][3H].[3H][3H].[C-]#[N+]C1=C(O)C(C)(C)[C@@H]2CC[C@]3(C)C(=CC(=O)[C@@H]4[C@@H]5CC(C)(C)CC[C@]5(c5nnn(CCF)n5)CC[C@]43C)[C@@]2(C)C1.[C-]#[N+]C1=C[C@]2(C)C3=CC(=O)[C@@H]4[C@@H]5CC(C)(C)CC[C@]5(c5nnn(CCF)n5)CC[C@@]4(C)[C@]3(C)CC[C@H]2C(C)(C)C1=O. The third kappa shape index (κ3) is 7.77. The van der Waals surface area contributed by atoms with Crippen molar-refractivity contribution >= 4 is 17.3 Å². The van der Waals surface area contributed by atoms with Gasteiger partial charge in [-0.1, -0.05) is 114 Å². The summed E-state index contributed by atoms with van der Waals surface area (Å²) in [5, 5.41) is 37.9. The number of rotatable bonds is 6. The lowest BCUT2D eigenvalue weighted by molar-refractivity contribution is -0.161. The van der Waals surface area contributed by atoms with Gasteiger partial charge in [-0.15, -0.1) is 20.4 Å². The van der Waals surface area contributed by atoms with Crippen LogP contribution in [0.2, 0.25) is 0 Å². The molecule has 0 amide bonds. The number of halogens is 2. The van der Waals surface area contributed by atoms with Crippen LogP contribution in [0.25, 0.3) is 9.69 Å². The normalized spacial score (nSPS) is 43.1. The van der Waals surface area contributed by atoms with Gasteiger partial charge in [-0.3, -0.25) is 9.59 Å². The highest BCUT2D eigenvalue weighted by molar-refractivity contribution is 6.03. The van der Waals surface area contributed by atoms with E-state index in [4.69, 9.17) is 38.2 Å². The summed E-state index contributed by atoms with van der Waals surface area (Å²) in [4.78, 5) is 52.8. The lowest BCUT2D eigenvalue weighted by atomic mass is 9.34. The number of hydrogen-bond donors (Lipinski definition) is 1. The minimum Gasteiger partial charge on any atom is -0.523 e. The van der Waals surface area contributed by atoms with E-state index < -0.39 is 29.6 Å². The Balaban J connectivity index is 0.000000258. The van der Waals surface area contributed by atoms with Crippen molar-refractivity contribution in [3.8, 4) is 0 Å². The Morgan fingerprint density at radius 1 is 0.622 bits per heavy atom. The van der Waals surface area contributed by atoms with Crippen LogP contribution in [0, 0.1) is 103 Å². The predicted molar refractivity (Wildman–Crippen MR) is 318 cm³/mol.